The van der Waals surface area contributed by atoms with E-state index in [1.807, 2.05) is 0 Å². The number of benzene rings is 3. The number of rotatable bonds is 6. The van der Waals surface area contributed by atoms with Gasteiger partial charge in [-0.1, -0.05) is 29.3 Å². The van der Waals surface area contributed by atoms with Gasteiger partial charge in [0.05, 0.1) is 34.7 Å². The average Bonchev–Trinajstić information content (AvgIpc) is 2.89. The first-order valence-corrected chi connectivity index (χ1v) is 14.9. The van der Waals surface area contributed by atoms with Gasteiger partial charge in [0.15, 0.2) is 21.4 Å². The molecule has 0 aromatic heterocycles. The van der Waals surface area contributed by atoms with Crippen molar-refractivity contribution in [2.24, 2.45) is 5.92 Å². The van der Waals surface area contributed by atoms with E-state index in [1.165, 1.54) is 36.4 Å². The monoisotopic (exact) mass is 584 g/mol. The lowest BCUT2D eigenvalue weighted by Gasteiger charge is -2.49. The maximum Gasteiger partial charge on any atom is 0.297 e. The van der Waals surface area contributed by atoms with E-state index in [2.05, 4.69) is 0 Å². The van der Waals surface area contributed by atoms with Gasteiger partial charge in [-0.3, -0.25) is 4.18 Å². The van der Waals surface area contributed by atoms with Crippen LogP contribution in [0.4, 0.5) is 8.78 Å². The number of fused-ring (bicyclic) bond motifs is 3. The molecule has 202 valence electrons. The molecule has 38 heavy (non-hydrogen) atoms. The van der Waals surface area contributed by atoms with E-state index < -0.39 is 66.3 Å². The van der Waals surface area contributed by atoms with Crippen LogP contribution in [0.15, 0.2) is 70.5 Å². The number of sulfone groups is 1. The first-order chi connectivity index (χ1) is 18.0. The smallest absolute Gasteiger partial charge is 0.297 e. The number of aryl methyl sites for hydroxylation is 1. The van der Waals surface area contributed by atoms with Gasteiger partial charge in [-0.15, -0.1) is 0 Å². The Balaban J connectivity index is 1.60. The van der Waals surface area contributed by atoms with Gasteiger partial charge in [0.25, 0.3) is 10.1 Å². The van der Waals surface area contributed by atoms with Crippen LogP contribution in [0.3, 0.4) is 0 Å². The largest absolute Gasteiger partial charge is 0.490 e. The minimum Gasteiger partial charge on any atom is -0.490 e. The summed E-state index contributed by atoms with van der Waals surface area (Å²) >= 11 is 5.96. The number of hydrogen-bond donors (Lipinski definition) is 0. The summed E-state index contributed by atoms with van der Waals surface area (Å²) in [5, 5.41) is 0.294. The number of halogens is 3. The molecule has 5 rings (SSSR count). The Bertz CT molecular complexity index is 1580. The summed E-state index contributed by atoms with van der Waals surface area (Å²) < 4.78 is 99.0. The molecule has 1 fully saturated rings. The highest BCUT2D eigenvalue weighted by Crippen LogP contribution is 2.55. The molecule has 7 nitrogen and oxygen atoms in total. The van der Waals surface area contributed by atoms with Crippen molar-refractivity contribution in [1.82, 2.24) is 0 Å². The van der Waals surface area contributed by atoms with Crippen molar-refractivity contribution in [2.45, 2.75) is 34.0 Å². The maximum absolute atomic E-state index is 15.4. The zero-order valence-corrected chi connectivity index (χ0v) is 22.5. The average molecular weight is 585 g/mol. The molecule has 0 N–H and O–H groups in total. The summed E-state index contributed by atoms with van der Waals surface area (Å²) in [4.78, 5) is -0.241. The fraction of sp³-hybridized carbons (Fsp3) is 0.308. The molecule has 3 atom stereocenters. The summed E-state index contributed by atoms with van der Waals surface area (Å²) in [6.45, 7) is 0.682. The van der Waals surface area contributed by atoms with Gasteiger partial charge in [-0.05, 0) is 61.9 Å². The third-order valence-electron chi connectivity index (χ3n) is 7.04. The lowest BCUT2D eigenvalue weighted by atomic mass is 9.76. The van der Waals surface area contributed by atoms with Gasteiger partial charge in [-0.2, -0.15) is 8.42 Å². The van der Waals surface area contributed by atoms with Crippen LogP contribution in [0.25, 0.3) is 0 Å². The van der Waals surface area contributed by atoms with Crippen molar-refractivity contribution in [3.63, 3.8) is 0 Å². The molecule has 0 unspecified atom stereocenters. The van der Waals surface area contributed by atoms with Crippen LogP contribution in [0.2, 0.25) is 5.02 Å². The lowest BCUT2D eigenvalue weighted by Crippen LogP contribution is -2.58. The molecule has 0 amide bonds. The fourth-order valence-corrected chi connectivity index (χ4v) is 8.53. The van der Waals surface area contributed by atoms with Gasteiger partial charge < -0.3 is 9.47 Å². The van der Waals surface area contributed by atoms with E-state index >= 15 is 4.39 Å². The van der Waals surface area contributed by atoms with E-state index in [-0.39, 0.29) is 29.4 Å². The van der Waals surface area contributed by atoms with Crippen LogP contribution in [0.5, 0.6) is 5.75 Å². The van der Waals surface area contributed by atoms with Crippen molar-refractivity contribution in [3.05, 3.63) is 88.4 Å². The van der Waals surface area contributed by atoms with Gasteiger partial charge in [0.2, 0.25) is 0 Å². The van der Waals surface area contributed by atoms with E-state index in [1.54, 1.807) is 19.1 Å². The third-order valence-corrected chi connectivity index (χ3v) is 11.2. The summed E-state index contributed by atoms with van der Waals surface area (Å²) in [7, 11) is -8.65. The first-order valence-electron chi connectivity index (χ1n) is 11.7. The van der Waals surface area contributed by atoms with Gasteiger partial charge in [0, 0.05) is 17.5 Å². The Morgan fingerprint density at radius 2 is 1.58 bits per heavy atom. The van der Waals surface area contributed by atoms with Crippen LogP contribution in [-0.4, -0.2) is 42.8 Å². The van der Waals surface area contributed by atoms with Crippen LogP contribution >= 0.6 is 11.6 Å². The zero-order chi connectivity index (χ0) is 27.3. The second kappa shape index (κ2) is 9.87. The summed E-state index contributed by atoms with van der Waals surface area (Å²) in [6.07, 6.45) is -1.36. The highest BCUT2D eigenvalue weighted by atomic mass is 35.5. The second-order valence-corrected chi connectivity index (χ2v) is 13.5. The van der Waals surface area contributed by atoms with Crippen molar-refractivity contribution in [2.75, 3.05) is 19.8 Å². The zero-order valence-electron chi connectivity index (χ0n) is 20.1. The van der Waals surface area contributed by atoms with Crippen molar-refractivity contribution in [3.8, 4) is 5.75 Å². The molecule has 0 radical (unpaired) electrons. The number of ether oxygens (including phenoxy) is 2. The van der Waals surface area contributed by atoms with E-state index in [9.17, 15) is 21.2 Å². The molecule has 3 aromatic carbocycles. The highest BCUT2D eigenvalue weighted by Gasteiger charge is 2.61. The van der Waals surface area contributed by atoms with Crippen LogP contribution in [-0.2, 0) is 33.6 Å². The standard InChI is InChI=1S/C26H23ClF2O7S2/c1-16-2-6-19(7-3-16)38(32,33)36-15-23-20-14-35-25-22(29)11-10-21(28)24(25)26(20,12-13-34-23)37(30,31)18-8-4-17(27)5-9-18/h2-11,20,23H,12-15H2,1H3/t20-,23-,26-/m0/s1. The Morgan fingerprint density at radius 1 is 0.947 bits per heavy atom. The number of hydrogen-bond acceptors (Lipinski definition) is 7. The normalized spacial score (nSPS) is 23.3. The molecule has 0 bridgehead atoms. The van der Waals surface area contributed by atoms with E-state index in [4.69, 9.17) is 25.3 Å². The molecule has 1 saturated heterocycles. The van der Waals surface area contributed by atoms with Crippen molar-refractivity contribution < 1.29 is 39.3 Å². The molecule has 0 saturated carbocycles. The molecule has 12 heteroatoms. The predicted molar refractivity (Wildman–Crippen MR) is 134 cm³/mol. The Hall–Kier alpha value is -2.57. The maximum atomic E-state index is 15.4. The Kier molecular flexibility index (Phi) is 7.02. The van der Waals surface area contributed by atoms with Crippen LogP contribution < -0.4 is 4.74 Å². The summed E-state index contributed by atoms with van der Waals surface area (Å²) in [6, 6.07) is 13.1. The van der Waals surface area contributed by atoms with Gasteiger partial charge in [0.1, 0.15) is 10.6 Å². The van der Waals surface area contributed by atoms with Crippen LogP contribution in [0.1, 0.15) is 17.5 Å². The molecule has 2 aliphatic heterocycles. The third kappa shape index (κ3) is 4.40. The Labute approximate surface area is 224 Å². The minimum atomic E-state index is -4.43. The topological polar surface area (TPSA) is 96.0 Å². The summed E-state index contributed by atoms with van der Waals surface area (Å²) in [5.41, 5.74) is 0.405. The fourth-order valence-electron chi connectivity index (χ4n) is 5.14. The van der Waals surface area contributed by atoms with Crippen molar-refractivity contribution in [1.29, 1.82) is 0 Å². The quantitative estimate of drug-likeness (QED) is 0.384. The molecule has 0 spiro atoms. The lowest BCUT2D eigenvalue weighted by molar-refractivity contribution is -0.0883. The molecular weight excluding hydrogens is 562 g/mol. The van der Waals surface area contributed by atoms with Crippen molar-refractivity contribution >= 4 is 31.6 Å². The van der Waals surface area contributed by atoms with Crippen LogP contribution in [0, 0.1) is 24.5 Å². The van der Waals surface area contributed by atoms with Gasteiger partial charge in [-0.25, -0.2) is 17.2 Å². The molecule has 0 aliphatic carbocycles. The first kappa shape index (κ1) is 27.0. The molecule has 2 aliphatic rings. The second-order valence-electron chi connectivity index (χ2n) is 9.21. The summed E-state index contributed by atoms with van der Waals surface area (Å²) in [5.74, 6) is -3.49. The SMILES string of the molecule is Cc1ccc(S(=O)(=O)OC[C@@H]2OCC[C@@]3(S(=O)(=O)c4ccc(Cl)cc4)c4c(F)ccc(F)c4OC[C@@H]23)cc1. The molecule has 3 aromatic rings. The molecule has 2 heterocycles. The molecular formula is C26H23ClF2O7S2. The van der Waals surface area contributed by atoms with Gasteiger partial charge >= 0.3 is 0 Å². The Morgan fingerprint density at radius 3 is 2.26 bits per heavy atom. The minimum absolute atomic E-state index is 0.0858. The predicted octanol–water partition coefficient (Wildman–Crippen LogP) is 4.80. The van der Waals surface area contributed by atoms with E-state index in [0.29, 0.717) is 5.02 Å². The van der Waals surface area contributed by atoms with E-state index in [0.717, 1.165) is 17.7 Å². The highest BCUT2D eigenvalue weighted by molar-refractivity contribution is 7.92.